The minimum Gasteiger partial charge on any atom is -0.324 e. The maximum absolute atomic E-state index is 12.1. The van der Waals surface area contributed by atoms with Gasteiger partial charge in [0.1, 0.15) is 0 Å². The van der Waals surface area contributed by atoms with Crippen molar-refractivity contribution in [3.63, 3.8) is 0 Å². The molecule has 1 amide bonds. The van der Waals surface area contributed by atoms with Crippen LogP contribution in [0, 0.1) is 0 Å². The summed E-state index contributed by atoms with van der Waals surface area (Å²) in [5, 5.41) is 7.14. The van der Waals surface area contributed by atoms with Gasteiger partial charge in [0.05, 0.1) is 15.7 Å². The number of rotatable bonds is 5. The van der Waals surface area contributed by atoms with Crippen molar-refractivity contribution in [2.45, 2.75) is 31.7 Å². The van der Waals surface area contributed by atoms with E-state index in [0.717, 1.165) is 26.1 Å². The number of carbonyl (C=O) groups excluding carboxylic acids is 1. The van der Waals surface area contributed by atoms with Crippen molar-refractivity contribution in [3.05, 3.63) is 28.2 Å². The normalized spacial score (nSPS) is 18.2. The molecular weight excluding hydrogens is 357 g/mol. The van der Waals surface area contributed by atoms with Gasteiger partial charge in [0.15, 0.2) is 0 Å². The summed E-state index contributed by atoms with van der Waals surface area (Å²) in [7, 11) is 2.09. The Labute approximate surface area is 154 Å². The standard InChI is InChI=1S/C16H23Cl2N3O.ClH/c1-21(12-4-3-9-19-10-7-12)11-8-15(22)20-16-13(17)5-2-6-14(16)18;/h2,5-6,12,19H,3-4,7-11H2,1H3,(H,20,22);1H. The Morgan fingerprint density at radius 2 is 2.00 bits per heavy atom. The quantitative estimate of drug-likeness (QED) is 0.816. The average molecular weight is 381 g/mol. The van der Waals surface area contributed by atoms with E-state index in [1.807, 2.05) is 0 Å². The Morgan fingerprint density at radius 3 is 2.70 bits per heavy atom. The summed E-state index contributed by atoms with van der Waals surface area (Å²) in [6.07, 6.45) is 3.94. The van der Waals surface area contributed by atoms with Gasteiger partial charge in [-0.05, 0) is 51.5 Å². The van der Waals surface area contributed by atoms with Gasteiger partial charge in [-0.15, -0.1) is 12.4 Å². The highest BCUT2D eigenvalue weighted by atomic mass is 35.5. The van der Waals surface area contributed by atoms with Crippen molar-refractivity contribution in [2.24, 2.45) is 0 Å². The molecule has 1 saturated heterocycles. The Morgan fingerprint density at radius 1 is 1.30 bits per heavy atom. The van der Waals surface area contributed by atoms with Crippen LogP contribution in [0.4, 0.5) is 5.69 Å². The van der Waals surface area contributed by atoms with E-state index in [9.17, 15) is 4.79 Å². The minimum atomic E-state index is -0.0615. The van der Waals surface area contributed by atoms with Crippen molar-refractivity contribution in [2.75, 3.05) is 32.0 Å². The number of anilines is 1. The van der Waals surface area contributed by atoms with Crippen molar-refractivity contribution in [3.8, 4) is 0 Å². The number of para-hydroxylation sites is 1. The third kappa shape index (κ3) is 6.48. The summed E-state index contributed by atoms with van der Waals surface area (Å²) < 4.78 is 0. The number of hydrogen-bond acceptors (Lipinski definition) is 3. The molecule has 1 atom stereocenters. The second kappa shape index (κ2) is 10.4. The van der Waals surface area contributed by atoms with E-state index in [0.29, 0.717) is 28.2 Å². The van der Waals surface area contributed by atoms with E-state index >= 15 is 0 Å². The lowest BCUT2D eigenvalue weighted by molar-refractivity contribution is -0.116. The number of nitrogens with zero attached hydrogens (tertiary/aromatic N) is 1. The fraction of sp³-hybridized carbons (Fsp3) is 0.562. The van der Waals surface area contributed by atoms with Crippen LogP contribution >= 0.6 is 35.6 Å². The molecule has 0 radical (unpaired) electrons. The van der Waals surface area contributed by atoms with Gasteiger partial charge < -0.3 is 15.5 Å². The van der Waals surface area contributed by atoms with Gasteiger partial charge in [0, 0.05) is 19.0 Å². The lowest BCUT2D eigenvalue weighted by atomic mass is 10.1. The molecule has 2 rings (SSSR count). The predicted molar refractivity (Wildman–Crippen MR) is 100 cm³/mol. The fourth-order valence-corrected chi connectivity index (χ4v) is 3.21. The van der Waals surface area contributed by atoms with Gasteiger partial charge in [-0.3, -0.25) is 4.79 Å². The third-order valence-corrected chi connectivity index (χ3v) is 4.72. The molecule has 0 aliphatic carbocycles. The first-order valence-corrected chi connectivity index (χ1v) is 8.48. The third-order valence-electron chi connectivity index (χ3n) is 4.09. The second-order valence-corrected chi connectivity index (χ2v) is 6.52. The molecule has 0 saturated carbocycles. The van der Waals surface area contributed by atoms with Crippen LogP contribution < -0.4 is 10.6 Å². The highest BCUT2D eigenvalue weighted by Gasteiger charge is 2.17. The number of amides is 1. The zero-order valence-electron chi connectivity index (χ0n) is 13.3. The van der Waals surface area contributed by atoms with Crippen LogP contribution in [0.5, 0.6) is 0 Å². The molecule has 4 nitrogen and oxygen atoms in total. The molecule has 1 fully saturated rings. The fourth-order valence-electron chi connectivity index (χ4n) is 2.72. The molecule has 0 spiro atoms. The first kappa shape index (κ1) is 20.5. The Hall–Kier alpha value is -0.520. The van der Waals surface area contributed by atoms with E-state index < -0.39 is 0 Å². The zero-order valence-corrected chi connectivity index (χ0v) is 15.6. The van der Waals surface area contributed by atoms with Gasteiger partial charge >= 0.3 is 0 Å². The van der Waals surface area contributed by atoms with Gasteiger partial charge in [-0.1, -0.05) is 29.3 Å². The molecule has 130 valence electrons. The van der Waals surface area contributed by atoms with Crippen LogP contribution in [-0.2, 0) is 4.79 Å². The SMILES string of the molecule is CN(CCC(=O)Nc1c(Cl)cccc1Cl)C1CCCNCC1.Cl. The van der Waals surface area contributed by atoms with Crippen LogP contribution in [0.2, 0.25) is 10.0 Å². The van der Waals surface area contributed by atoms with Crippen LogP contribution in [-0.4, -0.2) is 43.5 Å². The molecule has 1 heterocycles. The van der Waals surface area contributed by atoms with Gasteiger partial charge in [0.2, 0.25) is 5.91 Å². The van der Waals surface area contributed by atoms with Crippen molar-refractivity contribution in [1.82, 2.24) is 10.2 Å². The smallest absolute Gasteiger partial charge is 0.225 e. The Kier molecular flexibility index (Phi) is 9.25. The van der Waals surface area contributed by atoms with Crippen LogP contribution in [0.25, 0.3) is 0 Å². The first-order valence-electron chi connectivity index (χ1n) is 7.72. The van der Waals surface area contributed by atoms with E-state index in [1.165, 1.54) is 12.8 Å². The van der Waals surface area contributed by atoms with E-state index in [2.05, 4.69) is 22.6 Å². The van der Waals surface area contributed by atoms with Crippen molar-refractivity contribution in [1.29, 1.82) is 0 Å². The van der Waals surface area contributed by atoms with Crippen LogP contribution in [0.3, 0.4) is 0 Å². The van der Waals surface area contributed by atoms with E-state index in [-0.39, 0.29) is 18.3 Å². The predicted octanol–water partition coefficient (Wildman–Crippen LogP) is 3.82. The number of halogens is 3. The maximum Gasteiger partial charge on any atom is 0.225 e. The second-order valence-electron chi connectivity index (χ2n) is 5.71. The summed E-state index contributed by atoms with van der Waals surface area (Å²) in [5.41, 5.74) is 0.497. The summed E-state index contributed by atoms with van der Waals surface area (Å²) in [4.78, 5) is 14.4. The molecular formula is C16H24Cl3N3O. The number of benzene rings is 1. The lowest BCUT2D eigenvalue weighted by Gasteiger charge is -2.26. The Balaban J connectivity index is 0.00000264. The molecule has 2 N–H and O–H groups in total. The minimum absolute atomic E-state index is 0. The summed E-state index contributed by atoms with van der Waals surface area (Å²) in [6.45, 7) is 2.88. The highest BCUT2D eigenvalue weighted by Crippen LogP contribution is 2.29. The zero-order chi connectivity index (χ0) is 15.9. The van der Waals surface area contributed by atoms with Crippen molar-refractivity contribution >= 4 is 47.2 Å². The molecule has 0 bridgehead atoms. The van der Waals surface area contributed by atoms with E-state index in [1.54, 1.807) is 18.2 Å². The summed E-state index contributed by atoms with van der Waals surface area (Å²) in [5.74, 6) is -0.0615. The molecule has 1 unspecified atom stereocenters. The lowest BCUT2D eigenvalue weighted by Crippen LogP contribution is -2.34. The largest absolute Gasteiger partial charge is 0.324 e. The number of carbonyl (C=O) groups is 1. The Bertz CT molecular complexity index is 485. The van der Waals surface area contributed by atoms with Gasteiger partial charge in [-0.2, -0.15) is 0 Å². The molecule has 23 heavy (non-hydrogen) atoms. The topological polar surface area (TPSA) is 44.4 Å². The average Bonchev–Trinajstić information content (AvgIpc) is 2.78. The van der Waals surface area contributed by atoms with Gasteiger partial charge in [-0.25, -0.2) is 0 Å². The van der Waals surface area contributed by atoms with Crippen molar-refractivity contribution < 1.29 is 4.79 Å². The maximum atomic E-state index is 12.1. The number of nitrogens with one attached hydrogen (secondary N) is 2. The first-order chi connectivity index (χ1) is 10.6. The summed E-state index contributed by atoms with van der Waals surface area (Å²) in [6, 6.07) is 5.74. The monoisotopic (exact) mass is 379 g/mol. The molecule has 1 aromatic rings. The molecule has 1 aliphatic heterocycles. The van der Waals surface area contributed by atoms with Crippen LogP contribution in [0.15, 0.2) is 18.2 Å². The summed E-state index contributed by atoms with van der Waals surface area (Å²) >= 11 is 12.1. The van der Waals surface area contributed by atoms with Crippen LogP contribution in [0.1, 0.15) is 25.7 Å². The van der Waals surface area contributed by atoms with E-state index in [4.69, 9.17) is 23.2 Å². The highest BCUT2D eigenvalue weighted by molar-refractivity contribution is 6.39. The molecule has 0 aromatic heterocycles. The molecule has 1 aromatic carbocycles. The number of hydrogen-bond donors (Lipinski definition) is 2. The van der Waals surface area contributed by atoms with Gasteiger partial charge in [0.25, 0.3) is 0 Å². The molecule has 1 aliphatic rings. The molecule has 7 heteroatoms.